The molecular weight excluding hydrogens is 286 g/mol. The Hall–Kier alpha value is -2.08. The number of nitrogens with zero attached hydrogens (tertiary/aromatic N) is 3. The molecule has 0 aromatic carbocycles. The molecule has 0 amide bonds. The summed E-state index contributed by atoms with van der Waals surface area (Å²) in [6.07, 6.45) is 5.52. The molecule has 0 aliphatic carbocycles. The highest BCUT2D eigenvalue weighted by molar-refractivity contribution is 7.21. The average molecular weight is 303 g/mol. The molecule has 21 heavy (non-hydrogen) atoms. The fourth-order valence-corrected chi connectivity index (χ4v) is 3.15. The van der Waals surface area contributed by atoms with Gasteiger partial charge in [-0.3, -0.25) is 4.98 Å². The molecule has 0 aliphatic rings. The number of thiazole rings is 1. The maximum atomic E-state index is 10.3. The van der Waals surface area contributed by atoms with Crippen LogP contribution in [0.1, 0.15) is 19.8 Å². The zero-order valence-electron chi connectivity index (χ0n) is 12.0. The minimum atomic E-state index is 0.120. The first-order valence-corrected chi connectivity index (χ1v) is 7.75. The largest absolute Gasteiger partial charge is 0.502 e. The third-order valence-electron chi connectivity index (χ3n) is 3.29. The molecule has 110 valence electrons. The number of rotatable bonds is 5. The zero-order valence-corrected chi connectivity index (χ0v) is 12.9. The molecular formula is C15H17N3O2S. The molecule has 0 atom stereocenters. The summed E-state index contributed by atoms with van der Waals surface area (Å²) in [7, 11) is 1.88. The Kier molecular flexibility index (Phi) is 3.79. The van der Waals surface area contributed by atoms with Gasteiger partial charge in [0, 0.05) is 25.0 Å². The van der Waals surface area contributed by atoms with Crippen molar-refractivity contribution in [2.24, 2.45) is 7.05 Å². The van der Waals surface area contributed by atoms with Crippen molar-refractivity contribution in [3.05, 3.63) is 24.5 Å². The topological polar surface area (TPSA) is 60.2 Å². The van der Waals surface area contributed by atoms with E-state index in [-0.39, 0.29) is 5.75 Å². The van der Waals surface area contributed by atoms with Gasteiger partial charge in [-0.1, -0.05) is 24.7 Å². The third kappa shape index (κ3) is 2.47. The van der Waals surface area contributed by atoms with Gasteiger partial charge in [0.1, 0.15) is 15.4 Å². The second-order valence-corrected chi connectivity index (χ2v) is 5.81. The van der Waals surface area contributed by atoms with Gasteiger partial charge in [0.05, 0.1) is 6.61 Å². The molecule has 6 heteroatoms. The van der Waals surface area contributed by atoms with Crippen LogP contribution in [-0.2, 0) is 7.05 Å². The minimum Gasteiger partial charge on any atom is -0.502 e. The van der Waals surface area contributed by atoms with Gasteiger partial charge in [0.15, 0.2) is 0 Å². The Morgan fingerprint density at radius 3 is 2.95 bits per heavy atom. The summed E-state index contributed by atoms with van der Waals surface area (Å²) < 4.78 is 7.52. The fraction of sp³-hybridized carbons (Fsp3) is 0.333. The first-order chi connectivity index (χ1) is 10.2. The van der Waals surface area contributed by atoms with Gasteiger partial charge in [-0.2, -0.15) is 0 Å². The molecule has 3 aromatic heterocycles. The van der Waals surface area contributed by atoms with Crippen molar-refractivity contribution >= 4 is 21.7 Å². The number of pyridine rings is 1. The number of fused-ring (bicyclic) bond motifs is 1. The molecule has 1 N–H and O–H groups in total. The molecule has 3 rings (SSSR count). The lowest BCUT2D eigenvalue weighted by Gasteiger charge is -2.06. The van der Waals surface area contributed by atoms with E-state index >= 15 is 0 Å². The van der Waals surface area contributed by atoms with Crippen LogP contribution in [0.15, 0.2) is 24.5 Å². The van der Waals surface area contributed by atoms with Gasteiger partial charge in [-0.25, -0.2) is 4.98 Å². The van der Waals surface area contributed by atoms with Gasteiger partial charge in [0.25, 0.3) is 0 Å². The molecule has 5 nitrogen and oxygen atoms in total. The highest BCUT2D eigenvalue weighted by Gasteiger charge is 2.20. The van der Waals surface area contributed by atoms with Crippen LogP contribution in [0.25, 0.3) is 20.9 Å². The summed E-state index contributed by atoms with van der Waals surface area (Å²) >= 11 is 1.52. The quantitative estimate of drug-likeness (QED) is 0.732. The van der Waals surface area contributed by atoms with Crippen molar-refractivity contribution in [2.45, 2.75) is 19.8 Å². The third-order valence-corrected chi connectivity index (χ3v) is 4.47. The summed E-state index contributed by atoms with van der Waals surface area (Å²) in [6.45, 7) is 2.71. The van der Waals surface area contributed by atoms with Gasteiger partial charge in [-0.05, 0) is 18.6 Å². The van der Waals surface area contributed by atoms with Crippen molar-refractivity contribution in [1.82, 2.24) is 14.5 Å². The van der Waals surface area contributed by atoms with Gasteiger partial charge < -0.3 is 14.4 Å². The second-order valence-electron chi connectivity index (χ2n) is 4.83. The molecule has 0 aliphatic heterocycles. The standard InChI is InChI=1S/C15H17N3O2S/c1-3-4-8-20-14-12(19)11-15(18(14)2)21-13(17-11)10-6-5-7-16-9-10/h5-7,9,19H,3-4,8H2,1-2H3. The number of hydrogen-bond donors (Lipinski definition) is 1. The summed E-state index contributed by atoms with van der Waals surface area (Å²) in [5.74, 6) is 0.616. The van der Waals surface area contributed by atoms with E-state index in [4.69, 9.17) is 4.74 Å². The maximum absolute atomic E-state index is 10.3. The van der Waals surface area contributed by atoms with Crippen molar-refractivity contribution in [3.8, 4) is 22.2 Å². The molecule has 0 spiro atoms. The zero-order chi connectivity index (χ0) is 14.8. The van der Waals surface area contributed by atoms with E-state index in [1.54, 1.807) is 12.4 Å². The highest BCUT2D eigenvalue weighted by Crippen LogP contribution is 2.42. The number of ether oxygens (including phenoxy) is 1. The Balaban J connectivity index is 1.99. The predicted molar refractivity (Wildman–Crippen MR) is 83.9 cm³/mol. The molecule has 0 saturated carbocycles. The van der Waals surface area contributed by atoms with Gasteiger partial charge >= 0.3 is 0 Å². The molecule has 0 unspecified atom stereocenters. The van der Waals surface area contributed by atoms with Crippen molar-refractivity contribution in [1.29, 1.82) is 0 Å². The Morgan fingerprint density at radius 2 is 2.29 bits per heavy atom. The van der Waals surface area contributed by atoms with Crippen LogP contribution in [0, 0.1) is 0 Å². The number of hydrogen-bond acceptors (Lipinski definition) is 5. The van der Waals surface area contributed by atoms with Crippen LogP contribution in [0.2, 0.25) is 0 Å². The van der Waals surface area contributed by atoms with Crippen LogP contribution in [0.3, 0.4) is 0 Å². The number of aromatic hydroxyl groups is 1. The molecule has 0 radical (unpaired) electrons. The van der Waals surface area contributed by atoms with Crippen molar-refractivity contribution in [2.75, 3.05) is 6.61 Å². The van der Waals surface area contributed by atoms with Crippen molar-refractivity contribution < 1.29 is 9.84 Å². The number of aromatic nitrogens is 3. The van der Waals surface area contributed by atoms with E-state index in [0.29, 0.717) is 18.0 Å². The first-order valence-electron chi connectivity index (χ1n) is 6.93. The lowest BCUT2D eigenvalue weighted by Crippen LogP contribution is -2.00. The fourth-order valence-electron chi connectivity index (χ4n) is 2.14. The van der Waals surface area contributed by atoms with Crippen LogP contribution in [0.5, 0.6) is 11.6 Å². The Morgan fingerprint density at radius 1 is 1.43 bits per heavy atom. The normalized spacial score (nSPS) is 11.1. The summed E-state index contributed by atoms with van der Waals surface area (Å²) in [4.78, 5) is 9.52. The number of aryl methyl sites for hydroxylation is 1. The van der Waals surface area contributed by atoms with Crippen molar-refractivity contribution in [3.63, 3.8) is 0 Å². The molecule has 0 fully saturated rings. The molecule has 0 saturated heterocycles. The monoisotopic (exact) mass is 303 g/mol. The lowest BCUT2D eigenvalue weighted by atomic mass is 10.3. The first kappa shape index (κ1) is 13.9. The second kappa shape index (κ2) is 5.73. The van der Waals surface area contributed by atoms with Gasteiger partial charge in [0.2, 0.25) is 11.6 Å². The van der Waals surface area contributed by atoms with E-state index in [1.165, 1.54) is 11.3 Å². The Labute approximate surface area is 126 Å². The number of unbranched alkanes of at least 4 members (excludes halogenated alkanes) is 1. The van der Waals surface area contributed by atoms with E-state index in [0.717, 1.165) is 28.2 Å². The summed E-state index contributed by atoms with van der Waals surface area (Å²) in [5.41, 5.74) is 1.54. The molecule has 0 bridgehead atoms. The highest BCUT2D eigenvalue weighted by atomic mass is 32.1. The SMILES string of the molecule is CCCCOc1c(O)c2nc(-c3cccnc3)sc2n1C. The van der Waals surface area contributed by atoms with Crippen LogP contribution < -0.4 is 4.74 Å². The Bertz CT molecular complexity index is 712. The average Bonchev–Trinajstić information content (AvgIpc) is 3.04. The van der Waals surface area contributed by atoms with E-state index < -0.39 is 0 Å². The van der Waals surface area contributed by atoms with E-state index in [9.17, 15) is 5.11 Å². The summed E-state index contributed by atoms with van der Waals surface area (Å²) in [5, 5.41) is 11.2. The van der Waals surface area contributed by atoms with Crippen LogP contribution in [-0.4, -0.2) is 26.2 Å². The van der Waals surface area contributed by atoms with Gasteiger partial charge in [-0.15, -0.1) is 0 Å². The molecule has 3 aromatic rings. The molecule has 3 heterocycles. The van der Waals surface area contributed by atoms with Crippen LogP contribution >= 0.6 is 11.3 Å². The minimum absolute atomic E-state index is 0.120. The summed E-state index contributed by atoms with van der Waals surface area (Å²) in [6, 6.07) is 3.83. The van der Waals surface area contributed by atoms with Crippen LogP contribution in [0.4, 0.5) is 0 Å². The smallest absolute Gasteiger partial charge is 0.240 e. The maximum Gasteiger partial charge on any atom is 0.240 e. The lowest BCUT2D eigenvalue weighted by molar-refractivity contribution is 0.275. The van der Waals surface area contributed by atoms with E-state index in [2.05, 4.69) is 16.9 Å². The predicted octanol–water partition coefficient (Wildman–Crippen LogP) is 3.58. The van der Waals surface area contributed by atoms with E-state index in [1.807, 2.05) is 23.7 Å².